The van der Waals surface area contributed by atoms with Gasteiger partial charge in [0.05, 0.1) is 0 Å². The number of rotatable bonds is 3. The minimum absolute atomic E-state index is 0.372. The lowest BCUT2D eigenvalue weighted by molar-refractivity contribution is 0.211. The maximum absolute atomic E-state index is 2.39. The molecular weight excluding hydrogens is 204 g/mol. The number of hydrogen-bond acceptors (Lipinski definition) is 0. The first-order valence-electron chi connectivity index (χ1n) is 6.65. The highest BCUT2D eigenvalue weighted by Gasteiger charge is 2.26. The Balaban J connectivity index is 2.86. The van der Waals surface area contributed by atoms with Crippen LogP contribution in [0, 0.1) is 24.7 Å². The molecule has 0 aromatic heterocycles. The van der Waals surface area contributed by atoms with Gasteiger partial charge in [0.25, 0.3) is 0 Å². The van der Waals surface area contributed by atoms with Gasteiger partial charge in [0.1, 0.15) is 0 Å². The van der Waals surface area contributed by atoms with E-state index in [9.17, 15) is 0 Å². The highest BCUT2D eigenvalue weighted by molar-refractivity contribution is 5.31. The van der Waals surface area contributed by atoms with E-state index in [1.165, 1.54) is 29.5 Å². The predicted octanol–water partition coefficient (Wildman–Crippen LogP) is 5.31. The van der Waals surface area contributed by atoms with Gasteiger partial charge in [0, 0.05) is 0 Å². The van der Waals surface area contributed by atoms with Crippen LogP contribution in [0.3, 0.4) is 0 Å². The Labute approximate surface area is 107 Å². The Morgan fingerprint density at radius 1 is 0.941 bits per heavy atom. The van der Waals surface area contributed by atoms with Gasteiger partial charge in [0.15, 0.2) is 0 Å². The standard InChI is InChI=1S/C17H28/c1-13-8-9-14(2)15(10-13)11-17(6,7)12-16(3,4)5/h8-10H,11-12H2,1-7H3. The van der Waals surface area contributed by atoms with Gasteiger partial charge < -0.3 is 0 Å². The van der Waals surface area contributed by atoms with Gasteiger partial charge in [-0.15, -0.1) is 0 Å². The second kappa shape index (κ2) is 4.84. The number of benzene rings is 1. The zero-order chi connectivity index (χ0) is 13.3. The molecule has 17 heavy (non-hydrogen) atoms. The van der Waals surface area contributed by atoms with Crippen LogP contribution in [-0.4, -0.2) is 0 Å². The summed E-state index contributed by atoms with van der Waals surface area (Å²) in [5.41, 5.74) is 5.09. The van der Waals surface area contributed by atoms with Crippen LogP contribution in [0.4, 0.5) is 0 Å². The Bertz CT molecular complexity index is 378. The smallest absolute Gasteiger partial charge is 0.0224 e. The lowest BCUT2D eigenvalue weighted by Crippen LogP contribution is -2.23. The molecule has 0 N–H and O–H groups in total. The molecule has 0 aliphatic heterocycles. The van der Waals surface area contributed by atoms with Gasteiger partial charge in [-0.1, -0.05) is 58.4 Å². The molecule has 0 saturated heterocycles. The molecule has 1 rings (SSSR count). The molecule has 0 saturated carbocycles. The van der Waals surface area contributed by atoms with Crippen molar-refractivity contribution in [3.05, 3.63) is 34.9 Å². The van der Waals surface area contributed by atoms with Gasteiger partial charge >= 0.3 is 0 Å². The molecule has 0 amide bonds. The van der Waals surface area contributed by atoms with E-state index in [0.29, 0.717) is 10.8 Å². The average Bonchev–Trinajstić information content (AvgIpc) is 2.06. The Kier molecular flexibility index (Phi) is 4.06. The van der Waals surface area contributed by atoms with Crippen molar-refractivity contribution in [1.82, 2.24) is 0 Å². The largest absolute Gasteiger partial charge is 0.0602 e. The van der Waals surface area contributed by atoms with Crippen molar-refractivity contribution in [3.63, 3.8) is 0 Å². The third-order valence-corrected chi connectivity index (χ3v) is 3.18. The molecule has 0 radical (unpaired) electrons. The Morgan fingerprint density at radius 3 is 2.06 bits per heavy atom. The van der Waals surface area contributed by atoms with Gasteiger partial charge in [-0.3, -0.25) is 0 Å². The van der Waals surface area contributed by atoms with E-state index in [4.69, 9.17) is 0 Å². The summed E-state index contributed by atoms with van der Waals surface area (Å²) in [6, 6.07) is 6.80. The SMILES string of the molecule is Cc1ccc(C)c(CC(C)(C)CC(C)(C)C)c1. The third kappa shape index (κ3) is 4.93. The first-order chi connectivity index (χ1) is 7.59. The van der Waals surface area contributed by atoms with Crippen LogP contribution in [0.2, 0.25) is 0 Å². The fraction of sp³-hybridized carbons (Fsp3) is 0.647. The van der Waals surface area contributed by atoms with Crippen LogP contribution >= 0.6 is 0 Å². The topological polar surface area (TPSA) is 0 Å². The fourth-order valence-electron chi connectivity index (χ4n) is 3.00. The molecule has 1 aromatic rings. The molecule has 0 heteroatoms. The number of aryl methyl sites for hydroxylation is 2. The van der Waals surface area contributed by atoms with E-state index < -0.39 is 0 Å². The summed E-state index contributed by atoms with van der Waals surface area (Å²) < 4.78 is 0. The first-order valence-corrected chi connectivity index (χ1v) is 6.65. The highest BCUT2D eigenvalue weighted by atomic mass is 14.3. The first kappa shape index (κ1) is 14.3. The molecule has 0 spiro atoms. The third-order valence-electron chi connectivity index (χ3n) is 3.18. The summed E-state index contributed by atoms with van der Waals surface area (Å²) in [6.07, 6.45) is 2.44. The van der Waals surface area contributed by atoms with Gasteiger partial charge in [-0.05, 0) is 48.6 Å². The van der Waals surface area contributed by atoms with Crippen LogP contribution < -0.4 is 0 Å². The van der Waals surface area contributed by atoms with Crippen LogP contribution in [-0.2, 0) is 6.42 Å². The second-order valence-corrected chi connectivity index (χ2v) is 7.51. The van der Waals surface area contributed by atoms with E-state index in [0.717, 1.165) is 0 Å². The zero-order valence-corrected chi connectivity index (χ0v) is 12.6. The van der Waals surface area contributed by atoms with E-state index in [-0.39, 0.29) is 0 Å². The molecule has 0 heterocycles. The molecule has 0 atom stereocenters. The molecule has 0 fully saturated rings. The quantitative estimate of drug-likeness (QED) is 0.662. The molecule has 0 unspecified atom stereocenters. The van der Waals surface area contributed by atoms with E-state index in [2.05, 4.69) is 66.7 Å². The number of hydrogen-bond donors (Lipinski definition) is 0. The molecule has 0 bridgehead atoms. The monoisotopic (exact) mass is 232 g/mol. The molecule has 1 aromatic carbocycles. The van der Waals surface area contributed by atoms with Crippen molar-refractivity contribution >= 4 is 0 Å². The lowest BCUT2D eigenvalue weighted by Gasteiger charge is -2.33. The molecular formula is C17H28. The van der Waals surface area contributed by atoms with Gasteiger partial charge in [-0.25, -0.2) is 0 Å². The van der Waals surface area contributed by atoms with Crippen LogP contribution in [0.15, 0.2) is 18.2 Å². The van der Waals surface area contributed by atoms with Crippen molar-refractivity contribution in [2.45, 2.75) is 61.3 Å². The minimum Gasteiger partial charge on any atom is -0.0602 e. The van der Waals surface area contributed by atoms with E-state index in [1.807, 2.05) is 0 Å². The van der Waals surface area contributed by atoms with Crippen LogP contribution in [0.5, 0.6) is 0 Å². The lowest BCUT2D eigenvalue weighted by atomic mass is 9.72. The highest BCUT2D eigenvalue weighted by Crippen LogP contribution is 2.36. The van der Waals surface area contributed by atoms with E-state index in [1.54, 1.807) is 0 Å². The summed E-state index contributed by atoms with van der Waals surface area (Å²) in [6.45, 7) is 16.2. The van der Waals surface area contributed by atoms with Crippen molar-refractivity contribution < 1.29 is 0 Å². The Hall–Kier alpha value is -0.780. The van der Waals surface area contributed by atoms with Gasteiger partial charge in [-0.2, -0.15) is 0 Å². The van der Waals surface area contributed by atoms with Crippen LogP contribution in [0.1, 0.15) is 57.7 Å². The van der Waals surface area contributed by atoms with Crippen molar-refractivity contribution in [1.29, 1.82) is 0 Å². The normalized spacial score (nSPS) is 12.9. The summed E-state index contributed by atoms with van der Waals surface area (Å²) in [7, 11) is 0. The molecule has 0 aliphatic rings. The molecule has 96 valence electrons. The van der Waals surface area contributed by atoms with Gasteiger partial charge in [0.2, 0.25) is 0 Å². The summed E-state index contributed by atoms with van der Waals surface area (Å²) in [4.78, 5) is 0. The maximum atomic E-state index is 2.39. The Morgan fingerprint density at radius 2 is 1.53 bits per heavy atom. The van der Waals surface area contributed by atoms with E-state index >= 15 is 0 Å². The summed E-state index contributed by atoms with van der Waals surface area (Å²) in [5, 5.41) is 0. The maximum Gasteiger partial charge on any atom is -0.0224 e. The van der Waals surface area contributed by atoms with Crippen molar-refractivity contribution in [2.24, 2.45) is 10.8 Å². The van der Waals surface area contributed by atoms with Crippen molar-refractivity contribution in [3.8, 4) is 0 Å². The summed E-state index contributed by atoms with van der Waals surface area (Å²) >= 11 is 0. The summed E-state index contributed by atoms with van der Waals surface area (Å²) in [5.74, 6) is 0. The molecule has 0 nitrogen and oxygen atoms in total. The molecule has 0 aliphatic carbocycles. The minimum atomic E-state index is 0.372. The van der Waals surface area contributed by atoms with Crippen molar-refractivity contribution in [2.75, 3.05) is 0 Å². The fourth-order valence-corrected chi connectivity index (χ4v) is 3.00. The second-order valence-electron chi connectivity index (χ2n) is 7.51. The predicted molar refractivity (Wildman–Crippen MR) is 77.5 cm³/mol. The average molecular weight is 232 g/mol. The van der Waals surface area contributed by atoms with Crippen LogP contribution in [0.25, 0.3) is 0 Å². The zero-order valence-electron chi connectivity index (χ0n) is 12.6.